The van der Waals surface area contributed by atoms with Gasteiger partial charge in [0.2, 0.25) is 16.9 Å². The lowest BCUT2D eigenvalue weighted by molar-refractivity contribution is -0.122. The van der Waals surface area contributed by atoms with Gasteiger partial charge in [0, 0.05) is 24.6 Å². The molecular formula is C20H26N4O2S. The molecule has 0 saturated carbocycles. The van der Waals surface area contributed by atoms with Gasteiger partial charge >= 0.3 is 0 Å². The van der Waals surface area contributed by atoms with E-state index in [9.17, 15) is 9.59 Å². The highest BCUT2D eigenvalue weighted by atomic mass is 32.1. The number of aromatic nitrogens is 2. The van der Waals surface area contributed by atoms with Gasteiger partial charge in [-0.15, -0.1) is 10.2 Å². The molecule has 2 aromatic rings. The van der Waals surface area contributed by atoms with Crippen LogP contribution in [0.5, 0.6) is 0 Å². The van der Waals surface area contributed by atoms with Gasteiger partial charge in [0.05, 0.1) is 5.92 Å². The van der Waals surface area contributed by atoms with E-state index in [0.29, 0.717) is 17.6 Å². The third-order valence-electron chi connectivity index (χ3n) is 5.16. The average molecular weight is 387 g/mol. The summed E-state index contributed by atoms with van der Waals surface area (Å²) in [6.07, 6.45) is 3.18. The van der Waals surface area contributed by atoms with E-state index in [0.717, 1.165) is 30.0 Å². The first-order chi connectivity index (χ1) is 13.0. The highest BCUT2D eigenvalue weighted by Gasteiger charge is 2.35. The molecule has 3 rings (SSSR count). The summed E-state index contributed by atoms with van der Waals surface area (Å²) < 4.78 is 0. The number of carbonyl (C=O) groups excluding carboxylic acids is 2. The molecule has 1 aromatic carbocycles. The van der Waals surface area contributed by atoms with Gasteiger partial charge < -0.3 is 10.2 Å². The van der Waals surface area contributed by atoms with Crippen LogP contribution < -0.4 is 10.2 Å². The Hall–Kier alpha value is -2.28. The van der Waals surface area contributed by atoms with Crippen molar-refractivity contribution in [2.75, 3.05) is 16.8 Å². The summed E-state index contributed by atoms with van der Waals surface area (Å²) >= 11 is 1.43. The fourth-order valence-corrected chi connectivity index (χ4v) is 4.35. The average Bonchev–Trinajstić information content (AvgIpc) is 3.30. The molecule has 1 aliphatic rings. The first-order valence-corrected chi connectivity index (χ1v) is 10.4. The van der Waals surface area contributed by atoms with Crippen molar-refractivity contribution in [3.8, 4) is 0 Å². The number of nitrogens with one attached hydrogen (secondary N) is 1. The van der Waals surface area contributed by atoms with Crippen LogP contribution in [-0.2, 0) is 16.0 Å². The minimum atomic E-state index is -0.371. The van der Waals surface area contributed by atoms with E-state index in [-0.39, 0.29) is 24.2 Å². The van der Waals surface area contributed by atoms with Gasteiger partial charge in [-0.05, 0) is 37.0 Å². The van der Waals surface area contributed by atoms with Gasteiger partial charge in [0.25, 0.3) is 0 Å². The fraction of sp³-hybridized carbons (Fsp3) is 0.500. The van der Waals surface area contributed by atoms with E-state index in [1.807, 2.05) is 24.3 Å². The van der Waals surface area contributed by atoms with Crippen LogP contribution in [0.3, 0.4) is 0 Å². The predicted molar refractivity (Wildman–Crippen MR) is 108 cm³/mol. The van der Waals surface area contributed by atoms with Crippen LogP contribution in [0, 0.1) is 5.92 Å². The van der Waals surface area contributed by atoms with Crippen LogP contribution in [-0.4, -0.2) is 28.6 Å². The summed E-state index contributed by atoms with van der Waals surface area (Å²) in [5.41, 5.74) is 2.07. The third kappa shape index (κ3) is 4.35. The maximum atomic E-state index is 12.6. The number of anilines is 2. The van der Waals surface area contributed by atoms with Gasteiger partial charge in [-0.2, -0.15) is 0 Å². The second-order valence-electron chi connectivity index (χ2n) is 6.87. The lowest BCUT2D eigenvalue weighted by atomic mass is 10.1. The molecule has 144 valence electrons. The van der Waals surface area contributed by atoms with E-state index >= 15 is 0 Å². The number of hydrogen-bond donors (Lipinski definition) is 1. The van der Waals surface area contributed by atoms with E-state index < -0.39 is 0 Å². The van der Waals surface area contributed by atoms with E-state index in [2.05, 4.69) is 36.3 Å². The molecule has 0 radical (unpaired) electrons. The Labute approximate surface area is 164 Å². The minimum Gasteiger partial charge on any atom is -0.312 e. The second kappa shape index (κ2) is 8.61. The summed E-state index contributed by atoms with van der Waals surface area (Å²) in [4.78, 5) is 26.7. The molecule has 2 amide bonds. The molecule has 1 unspecified atom stereocenters. The van der Waals surface area contributed by atoms with E-state index in [1.165, 1.54) is 16.9 Å². The van der Waals surface area contributed by atoms with Crippen LogP contribution >= 0.6 is 11.3 Å². The number of carbonyl (C=O) groups is 2. The Kier molecular flexibility index (Phi) is 6.21. The molecule has 6 nitrogen and oxygen atoms in total. The zero-order valence-electron chi connectivity index (χ0n) is 16.1. The quantitative estimate of drug-likeness (QED) is 0.780. The lowest BCUT2D eigenvalue weighted by Gasteiger charge is -2.17. The normalized spacial score (nSPS) is 17.0. The van der Waals surface area contributed by atoms with Crippen LogP contribution in [0.15, 0.2) is 24.3 Å². The number of amides is 2. The molecule has 1 atom stereocenters. The zero-order chi connectivity index (χ0) is 19.4. The minimum absolute atomic E-state index is 0.0191. The molecule has 0 bridgehead atoms. The smallest absolute Gasteiger partial charge is 0.231 e. The summed E-state index contributed by atoms with van der Waals surface area (Å²) in [5.74, 6) is -0.177. The van der Waals surface area contributed by atoms with Gasteiger partial charge in [-0.3, -0.25) is 9.59 Å². The molecule has 2 heterocycles. The lowest BCUT2D eigenvalue weighted by Crippen LogP contribution is -2.28. The molecule has 0 aliphatic carbocycles. The predicted octanol–water partition coefficient (Wildman–Crippen LogP) is 4.00. The Balaban J connectivity index is 1.63. The number of aryl methyl sites for hydroxylation is 1. The Morgan fingerprint density at radius 3 is 2.56 bits per heavy atom. The van der Waals surface area contributed by atoms with Crippen LogP contribution in [0.4, 0.5) is 10.8 Å². The van der Waals surface area contributed by atoms with Crippen molar-refractivity contribution in [2.45, 2.75) is 52.4 Å². The number of hydrogen-bond acceptors (Lipinski definition) is 5. The molecule has 1 N–H and O–H groups in total. The summed E-state index contributed by atoms with van der Waals surface area (Å²) in [7, 11) is 0. The third-order valence-corrected chi connectivity index (χ3v) is 6.16. The van der Waals surface area contributed by atoms with Gasteiger partial charge in [-0.1, -0.05) is 44.2 Å². The van der Waals surface area contributed by atoms with E-state index in [4.69, 9.17) is 0 Å². The van der Waals surface area contributed by atoms with Crippen molar-refractivity contribution >= 4 is 34.0 Å². The highest BCUT2D eigenvalue weighted by Crippen LogP contribution is 2.30. The first kappa shape index (κ1) is 19.5. The molecule has 27 heavy (non-hydrogen) atoms. The topological polar surface area (TPSA) is 75.2 Å². The van der Waals surface area contributed by atoms with Crippen molar-refractivity contribution in [1.82, 2.24) is 10.2 Å². The van der Waals surface area contributed by atoms with Crippen LogP contribution in [0.25, 0.3) is 0 Å². The number of nitrogens with zero attached hydrogens (tertiary/aromatic N) is 3. The zero-order valence-corrected chi connectivity index (χ0v) is 16.9. The Morgan fingerprint density at radius 2 is 1.93 bits per heavy atom. The van der Waals surface area contributed by atoms with E-state index in [1.54, 1.807) is 4.90 Å². The molecule has 1 saturated heterocycles. The van der Waals surface area contributed by atoms with Crippen molar-refractivity contribution in [1.29, 1.82) is 0 Å². The van der Waals surface area contributed by atoms with Crippen molar-refractivity contribution in [3.63, 3.8) is 0 Å². The standard InChI is InChI=1S/C20H26N4O2S/c1-4-13-7-9-16(10-8-13)24-12-15(11-17(24)25)18(26)21-20-23-22-19(27-20)14(5-2)6-3/h7-10,14-15H,4-6,11-12H2,1-3H3,(H,21,23,26). The molecule has 0 spiro atoms. The molecular weight excluding hydrogens is 360 g/mol. The maximum absolute atomic E-state index is 12.6. The molecule has 1 fully saturated rings. The van der Waals surface area contributed by atoms with Crippen LogP contribution in [0.1, 0.15) is 56.5 Å². The SMILES string of the molecule is CCc1ccc(N2CC(C(=O)Nc3nnc(C(CC)CC)s3)CC2=O)cc1. The second-order valence-corrected chi connectivity index (χ2v) is 7.88. The Bertz CT molecular complexity index is 799. The summed E-state index contributed by atoms with van der Waals surface area (Å²) in [6.45, 7) is 6.74. The summed E-state index contributed by atoms with van der Waals surface area (Å²) in [6, 6.07) is 7.95. The summed E-state index contributed by atoms with van der Waals surface area (Å²) in [5, 5.41) is 12.6. The van der Waals surface area contributed by atoms with Crippen molar-refractivity contribution in [2.24, 2.45) is 5.92 Å². The first-order valence-electron chi connectivity index (χ1n) is 9.59. The largest absolute Gasteiger partial charge is 0.312 e. The Morgan fingerprint density at radius 1 is 1.22 bits per heavy atom. The van der Waals surface area contributed by atoms with Crippen molar-refractivity contribution in [3.05, 3.63) is 34.8 Å². The molecule has 1 aliphatic heterocycles. The molecule has 7 heteroatoms. The van der Waals surface area contributed by atoms with Gasteiger partial charge in [0.1, 0.15) is 5.01 Å². The highest BCUT2D eigenvalue weighted by molar-refractivity contribution is 7.15. The number of rotatable bonds is 7. The monoisotopic (exact) mass is 386 g/mol. The van der Waals surface area contributed by atoms with Gasteiger partial charge in [0.15, 0.2) is 0 Å². The van der Waals surface area contributed by atoms with Crippen molar-refractivity contribution < 1.29 is 9.59 Å². The molecule has 1 aromatic heterocycles. The maximum Gasteiger partial charge on any atom is 0.231 e. The van der Waals surface area contributed by atoms with Crippen LogP contribution in [0.2, 0.25) is 0 Å². The van der Waals surface area contributed by atoms with Gasteiger partial charge in [-0.25, -0.2) is 0 Å². The number of benzene rings is 1. The fourth-order valence-electron chi connectivity index (χ4n) is 3.34.